The molecule has 2 aliphatic heterocycles. The molecule has 0 aromatic carbocycles. The van der Waals surface area contributed by atoms with Crippen molar-refractivity contribution in [2.24, 2.45) is 4.99 Å². The first-order valence-corrected chi connectivity index (χ1v) is 6.47. The molecule has 0 spiro atoms. The van der Waals surface area contributed by atoms with Crippen molar-refractivity contribution in [2.75, 3.05) is 13.1 Å². The lowest BCUT2D eigenvalue weighted by molar-refractivity contribution is 0.0992. The molecule has 5 heteroatoms. The van der Waals surface area contributed by atoms with Crippen LogP contribution in [0.25, 0.3) is 0 Å². The third kappa shape index (κ3) is 4.02. The Balaban J connectivity index is 0.00000162. The van der Waals surface area contributed by atoms with Crippen molar-refractivity contribution in [3.63, 3.8) is 0 Å². The number of hydrogen-bond donors (Lipinski definition) is 2. The molecule has 2 aliphatic rings. The summed E-state index contributed by atoms with van der Waals surface area (Å²) in [5.41, 5.74) is 0. The van der Waals surface area contributed by atoms with E-state index in [0.29, 0.717) is 31.2 Å². The number of ether oxygens (including phenoxy) is 1. The van der Waals surface area contributed by atoms with Crippen LogP contribution in [0.1, 0.15) is 32.6 Å². The van der Waals surface area contributed by atoms with Crippen molar-refractivity contribution in [3.8, 4) is 12.3 Å². The number of guanidine groups is 1. The van der Waals surface area contributed by atoms with Gasteiger partial charge < -0.3 is 15.4 Å². The molecule has 0 saturated carbocycles. The van der Waals surface area contributed by atoms with Crippen LogP contribution in [-0.4, -0.2) is 37.3 Å². The van der Waals surface area contributed by atoms with Crippen molar-refractivity contribution in [1.82, 2.24) is 10.6 Å². The lowest BCUT2D eigenvalue weighted by atomic mass is 9.96. The standard InChI is InChI=1S/C13H21N3O.HI/c1-3-5-8-15-13(14-4-2)16-11-9-10-6-7-12(11)17-10;/h1,10-12H,4-9H2,2H3,(H2,14,15,16);1H. The van der Waals surface area contributed by atoms with Crippen molar-refractivity contribution in [1.29, 1.82) is 0 Å². The third-order valence-electron chi connectivity index (χ3n) is 3.30. The van der Waals surface area contributed by atoms with Crippen molar-refractivity contribution >= 4 is 29.9 Å². The van der Waals surface area contributed by atoms with Crippen LogP contribution in [0.5, 0.6) is 0 Å². The lowest BCUT2D eigenvalue weighted by Gasteiger charge is -2.22. The average molecular weight is 363 g/mol. The molecule has 0 amide bonds. The van der Waals surface area contributed by atoms with Crippen LogP contribution in [0.3, 0.4) is 0 Å². The van der Waals surface area contributed by atoms with E-state index >= 15 is 0 Å². The molecule has 3 unspecified atom stereocenters. The second kappa shape index (κ2) is 7.85. The average Bonchev–Trinajstić information content (AvgIpc) is 2.91. The summed E-state index contributed by atoms with van der Waals surface area (Å²) >= 11 is 0. The molecule has 0 aliphatic carbocycles. The Kier molecular flexibility index (Phi) is 6.79. The van der Waals surface area contributed by atoms with Gasteiger partial charge in [0.25, 0.3) is 0 Å². The van der Waals surface area contributed by atoms with Crippen LogP contribution >= 0.6 is 24.0 Å². The fourth-order valence-electron chi connectivity index (χ4n) is 2.52. The van der Waals surface area contributed by atoms with Gasteiger partial charge in [0.05, 0.1) is 24.8 Å². The lowest BCUT2D eigenvalue weighted by Crippen LogP contribution is -2.47. The Hall–Kier alpha value is -0.480. The van der Waals surface area contributed by atoms with E-state index in [-0.39, 0.29) is 24.0 Å². The first-order valence-electron chi connectivity index (χ1n) is 6.47. The van der Waals surface area contributed by atoms with Crippen LogP contribution in [-0.2, 0) is 4.74 Å². The second-order valence-electron chi connectivity index (χ2n) is 4.58. The van der Waals surface area contributed by atoms with Gasteiger partial charge in [-0.2, -0.15) is 0 Å². The summed E-state index contributed by atoms with van der Waals surface area (Å²) in [6.07, 6.45) is 10.2. The largest absolute Gasteiger partial charge is 0.373 e. The zero-order valence-electron chi connectivity index (χ0n) is 10.8. The maximum absolute atomic E-state index is 5.81. The Morgan fingerprint density at radius 2 is 2.33 bits per heavy atom. The minimum Gasteiger partial charge on any atom is -0.373 e. The Bertz CT molecular complexity index is 327. The maximum atomic E-state index is 5.81. The summed E-state index contributed by atoms with van der Waals surface area (Å²) in [5, 5.41) is 6.70. The molecule has 3 atom stereocenters. The molecule has 2 saturated heterocycles. The van der Waals surface area contributed by atoms with Gasteiger partial charge in [0.1, 0.15) is 0 Å². The zero-order valence-corrected chi connectivity index (χ0v) is 13.1. The number of nitrogens with zero attached hydrogens (tertiary/aromatic N) is 1. The molecule has 0 aromatic heterocycles. The Morgan fingerprint density at radius 1 is 1.50 bits per heavy atom. The molecule has 0 radical (unpaired) electrons. The fraction of sp³-hybridized carbons (Fsp3) is 0.769. The number of nitrogens with one attached hydrogen (secondary N) is 2. The van der Waals surface area contributed by atoms with Crippen molar-refractivity contribution in [3.05, 3.63) is 0 Å². The highest BCUT2D eigenvalue weighted by Gasteiger charge is 2.40. The number of hydrogen-bond acceptors (Lipinski definition) is 2. The molecule has 2 heterocycles. The summed E-state index contributed by atoms with van der Waals surface area (Å²) in [5.74, 6) is 3.46. The molecular formula is C13H22IN3O. The molecular weight excluding hydrogens is 341 g/mol. The van der Waals surface area contributed by atoms with E-state index in [1.165, 1.54) is 12.8 Å². The molecule has 2 fully saturated rings. The van der Waals surface area contributed by atoms with Crippen LogP contribution in [0, 0.1) is 12.3 Å². The zero-order chi connectivity index (χ0) is 12.1. The van der Waals surface area contributed by atoms with E-state index in [1.54, 1.807) is 0 Å². The number of terminal acetylenes is 1. The van der Waals surface area contributed by atoms with E-state index in [1.807, 2.05) is 0 Å². The van der Waals surface area contributed by atoms with Gasteiger partial charge in [0, 0.05) is 13.0 Å². The van der Waals surface area contributed by atoms with Gasteiger partial charge in [-0.3, -0.25) is 4.99 Å². The molecule has 4 nitrogen and oxygen atoms in total. The second-order valence-corrected chi connectivity index (χ2v) is 4.58. The highest BCUT2D eigenvalue weighted by molar-refractivity contribution is 14.0. The topological polar surface area (TPSA) is 45.7 Å². The number of aliphatic imine (C=N–C) groups is 1. The van der Waals surface area contributed by atoms with E-state index in [9.17, 15) is 0 Å². The molecule has 18 heavy (non-hydrogen) atoms. The fourth-order valence-corrected chi connectivity index (χ4v) is 2.52. The summed E-state index contributed by atoms with van der Waals surface area (Å²) in [6, 6.07) is 0.414. The number of halogens is 1. The number of rotatable bonds is 4. The Labute approximate surface area is 126 Å². The third-order valence-corrected chi connectivity index (χ3v) is 3.30. The van der Waals surface area contributed by atoms with E-state index in [4.69, 9.17) is 11.2 Å². The molecule has 102 valence electrons. The summed E-state index contributed by atoms with van der Waals surface area (Å²) in [4.78, 5) is 4.45. The minimum atomic E-state index is 0. The summed E-state index contributed by atoms with van der Waals surface area (Å²) < 4.78 is 5.81. The van der Waals surface area contributed by atoms with Gasteiger partial charge in [-0.25, -0.2) is 0 Å². The molecule has 2 N–H and O–H groups in total. The van der Waals surface area contributed by atoms with Gasteiger partial charge in [-0.1, -0.05) is 0 Å². The highest BCUT2D eigenvalue weighted by atomic mass is 127. The minimum absolute atomic E-state index is 0. The van der Waals surface area contributed by atoms with Gasteiger partial charge in [0.2, 0.25) is 0 Å². The smallest absolute Gasteiger partial charge is 0.191 e. The van der Waals surface area contributed by atoms with Crippen LogP contribution in [0.4, 0.5) is 0 Å². The van der Waals surface area contributed by atoms with Crippen LogP contribution in [0.15, 0.2) is 4.99 Å². The predicted molar refractivity (Wildman–Crippen MR) is 84.3 cm³/mol. The Morgan fingerprint density at radius 3 is 2.89 bits per heavy atom. The first-order chi connectivity index (χ1) is 8.33. The van der Waals surface area contributed by atoms with Gasteiger partial charge in [-0.05, 0) is 26.2 Å². The molecule has 0 aromatic rings. The SMILES string of the molecule is C#CCCN=C(NCC)NC1CC2CCC1O2.I. The monoisotopic (exact) mass is 363 g/mol. The summed E-state index contributed by atoms with van der Waals surface area (Å²) in [6.45, 7) is 3.60. The van der Waals surface area contributed by atoms with E-state index < -0.39 is 0 Å². The van der Waals surface area contributed by atoms with Gasteiger partial charge in [-0.15, -0.1) is 36.3 Å². The predicted octanol–water partition coefficient (Wildman–Crippen LogP) is 1.50. The quantitative estimate of drug-likeness (QED) is 0.262. The molecule has 2 rings (SSSR count). The van der Waals surface area contributed by atoms with E-state index in [2.05, 4.69) is 28.5 Å². The van der Waals surface area contributed by atoms with Crippen LogP contribution < -0.4 is 10.6 Å². The summed E-state index contributed by atoms with van der Waals surface area (Å²) in [7, 11) is 0. The van der Waals surface area contributed by atoms with E-state index in [0.717, 1.165) is 18.9 Å². The number of fused-ring (bicyclic) bond motifs is 2. The van der Waals surface area contributed by atoms with Gasteiger partial charge >= 0.3 is 0 Å². The molecule has 2 bridgehead atoms. The van der Waals surface area contributed by atoms with Gasteiger partial charge in [0.15, 0.2) is 5.96 Å². The van der Waals surface area contributed by atoms with Crippen LogP contribution in [0.2, 0.25) is 0 Å². The first kappa shape index (κ1) is 15.6. The van der Waals surface area contributed by atoms with Crippen molar-refractivity contribution < 1.29 is 4.74 Å². The highest BCUT2D eigenvalue weighted by Crippen LogP contribution is 2.34. The normalized spacial score (nSPS) is 29.6. The maximum Gasteiger partial charge on any atom is 0.191 e. The van der Waals surface area contributed by atoms with Crippen molar-refractivity contribution in [2.45, 2.75) is 50.9 Å².